The van der Waals surface area contributed by atoms with Gasteiger partial charge in [-0.25, -0.2) is 4.79 Å². The molecule has 0 radical (unpaired) electrons. The Kier molecular flexibility index (Phi) is 7.67. The first-order chi connectivity index (χ1) is 10.1. The predicted octanol–water partition coefficient (Wildman–Crippen LogP) is 1.07. The standard InChI is InChI=1S/C14H20N2O5/c1-11(17)20-9-8-19-7-6-16-14(18)21-10-12-2-4-13(15)5-3-12/h2-5H,6-10,15H2,1H3,(H,16,18). The van der Waals surface area contributed by atoms with Crippen molar-refractivity contribution in [2.24, 2.45) is 0 Å². The molecule has 1 rings (SSSR count). The molecule has 0 aliphatic rings. The second-order valence-corrected chi connectivity index (χ2v) is 4.20. The Hall–Kier alpha value is -2.28. The molecular weight excluding hydrogens is 276 g/mol. The van der Waals surface area contributed by atoms with Gasteiger partial charge >= 0.3 is 12.1 Å². The summed E-state index contributed by atoms with van der Waals surface area (Å²) >= 11 is 0. The Bertz CT molecular complexity index is 447. The molecular formula is C14H20N2O5. The minimum atomic E-state index is -0.518. The lowest BCUT2D eigenvalue weighted by Crippen LogP contribution is -2.28. The number of rotatable bonds is 8. The van der Waals surface area contributed by atoms with Gasteiger partial charge in [0.15, 0.2) is 0 Å². The van der Waals surface area contributed by atoms with Crippen LogP contribution in [0.25, 0.3) is 0 Å². The zero-order valence-corrected chi connectivity index (χ0v) is 12.0. The smallest absolute Gasteiger partial charge is 0.407 e. The van der Waals surface area contributed by atoms with Crippen molar-refractivity contribution in [2.75, 3.05) is 32.1 Å². The Morgan fingerprint density at radius 2 is 1.81 bits per heavy atom. The van der Waals surface area contributed by atoms with Crippen LogP contribution in [0.4, 0.5) is 10.5 Å². The highest BCUT2D eigenvalue weighted by molar-refractivity contribution is 5.67. The zero-order chi connectivity index (χ0) is 15.5. The fourth-order valence-electron chi connectivity index (χ4n) is 1.39. The number of benzene rings is 1. The number of nitrogens with one attached hydrogen (secondary N) is 1. The highest BCUT2D eigenvalue weighted by atomic mass is 16.6. The molecule has 0 fully saturated rings. The molecule has 0 atom stereocenters. The van der Waals surface area contributed by atoms with Crippen LogP contribution in [0.1, 0.15) is 12.5 Å². The van der Waals surface area contributed by atoms with Gasteiger partial charge in [0.05, 0.1) is 13.2 Å². The van der Waals surface area contributed by atoms with E-state index >= 15 is 0 Å². The fraction of sp³-hybridized carbons (Fsp3) is 0.429. The van der Waals surface area contributed by atoms with Crippen molar-refractivity contribution in [2.45, 2.75) is 13.5 Å². The summed E-state index contributed by atoms with van der Waals surface area (Å²) < 4.78 is 14.8. The SMILES string of the molecule is CC(=O)OCCOCCNC(=O)OCc1ccc(N)cc1. The molecule has 1 amide bonds. The lowest BCUT2D eigenvalue weighted by atomic mass is 10.2. The minimum absolute atomic E-state index is 0.180. The molecule has 1 aromatic carbocycles. The van der Waals surface area contributed by atoms with Gasteiger partial charge in [0, 0.05) is 19.2 Å². The molecule has 7 nitrogen and oxygen atoms in total. The Labute approximate surface area is 123 Å². The molecule has 0 aliphatic heterocycles. The van der Waals surface area contributed by atoms with E-state index < -0.39 is 6.09 Å². The van der Waals surface area contributed by atoms with Crippen molar-refractivity contribution in [1.29, 1.82) is 0 Å². The van der Waals surface area contributed by atoms with Gasteiger partial charge in [-0.15, -0.1) is 0 Å². The summed E-state index contributed by atoms with van der Waals surface area (Å²) in [6, 6.07) is 7.07. The van der Waals surface area contributed by atoms with Crippen LogP contribution in [0.5, 0.6) is 0 Å². The number of carbonyl (C=O) groups excluding carboxylic acids is 2. The number of esters is 1. The number of hydrogen-bond acceptors (Lipinski definition) is 6. The van der Waals surface area contributed by atoms with Gasteiger partial charge in [-0.2, -0.15) is 0 Å². The normalized spacial score (nSPS) is 9.95. The maximum atomic E-state index is 11.4. The van der Waals surface area contributed by atoms with Crippen LogP contribution in [0, 0.1) is 0 Å². The fourth-order valence-corrected chi connectivity index (χ4v) is 1.39. The average molecular weight is 296 g/mol. The van der Waals surface area contributed by atoms with Crippen molar-refractivity contribution < 1.29 is 23.8 Å². The lowest BCUT2D eigenvalue weighted by molar-refractivity contribution is -0.142. The van der Waals surface area contributed by atoms with Gasteiger partial charge in [-0.3, -0.25) is 4.79 Å². The number of nitrogens with two attached hydrogens (primary N) is 1. The van der Waals surface area contributed by atoms with E-state index in [1.807, 2.05) is 0 Å². The lowest BCUT2D eigenvalue weighted by Gasteiger charge is -2.08. The number of hydrogen-bond donors (Lipinski definition) is 2. The van der Waals surface area contributed by atoms with Gasteiger partial charge in [0.2, 0.25) is 0 Å². The number of alkyl carbamates (subject to hydrolysis) is 1. The van der Waals surface area contributed by atoms with Crippen molar-refractivity contribution >= 4 is 17.7 Å². The largest absolute Gasteiger partial charge is 0.463 e. The number of anilines is 1. The average Bonchev–Trinajstić information content (AvgIpc) is 2.45. The molecule has 1 aromatic rings. The first kappa shape index (κ1) is 16.8. The number of ether oxygens (including phenoxy) is 3. The molecule has 0 heterocycles. The molecule has 116 valence electrons. The van der Waals surface area contributed by atoms with E-state index in [1.165, 1.54) is 6.92 Å². The quantitative estimate of drug-likeness (QED) is 0.423. The Morgan fingerprint density at radius 1 is 1.10 bits per heavy atom. The summed E-state index contributed by atoms with van der Waals surface area (Å²) in [6.45, 7) is 2.65. The monoisotopic (exact) mass is 296 g/mol. The van der Waals surface area contributed by atoms with Crippen LogP contribution in [0.2, 0.25) is 0 Å². The summed E-state index contributed by atoms with van der Waals surface area (Å²) in [5.41, 5.74) is 7.07. The van der Waals surface area contributed by atoms with E-state index in [2.05, 4.69) is 10.1 Å². The van der Waals surface area contributed by atoms with E-state index in [0.717, 1.165) is 5.56 Å². The molecule has 0 aromatic heterocycles. The number of carbonyl (C=O) groups is 2. The third-order valence-corrected chi connectivity index (χ3v) is 2.40. The van der Waals surface area contributed by atoms with Crippen LogP contribution in [0.3, 0.4) is 0 Å². The van der Waals surface area contributed by atoms with Gasteiger partial charge in [-0.1, -0.05) is 12.1 Å². The summed E-state index contributed by atoms with van der Waals surface area (Å²) in [5, 5.41) is 2.55. The van der Waals surface area contributed by atoms with E-state index in [1.54, 1.807) is 24.3 Å². The second kappa shape index (κ2) is 9.60. The van der Waals surface area contributed by atoms with Gasteiger partial charge in [-0.05, 0) is 17.7 Å². The van der Waals surface area contributed by atoms with E-state index in [9.17, 15) is 9.59 Å². The molecule has 0 saturated heterocycles. The second-order valence-electron chi connectivity index (χ2n) is 4.20. The molecule has 0 unspecified atom stereocenters. The summed E-state index contributed by atoms with van der Waals surface area (Å²) in [5.74, 6) is -0.344. The third-order valence-electron chi connectivity index (χ3n) is 2.40. The third kappa shape index (κ3) is 8.48. The van der Waals surface area contributed by atoms with Crippen molar-refractivity contribution in [1.82, 2.24) is 5.32 Å². The first-order valence-electron chi connectivity index (χ1n) is 6.54. The molecule has 0 bridgehead atoms. The van der Waals surface area contributed by atoms with Crippen LogP contribution < -0.4 is 11.1 Å². The Morgan fingerprint density at radius 3 is 2.48 bits per heavy atom. The van der Waals surface area contributed by atoms with Gasteiger partial charge in [0.1, 0.15) is 13.2 Å². The van der Waals surface area contributed by atoms with Crippen LogP contribution in [0.15, 0.2) is 24.3 Å². The molecule has 21 heavy (non-hydrogen) atoms. The highest BCUT2D eigenvalue weighted by Crippen LogP contribution is 2.06. The topological polar surface area (TPSA) is 99.9 Å². The van der Waals surface area contributed by atoms with Gasteiger partial charge in [0.25, 0.3) is 0 Å². The summed E-state index contributed by atoms with van der Waals surface area (Å²) in [7, 11) is 0. The van der Waals surface area contributed by atoms with Crippen molar-refractivity contribution in [3.8, 4) is 0 Å². The molecule has 0 saturated carbocycles. The molecule has 0 spiro atoms. The maximum absolute atomic E-state index is 11.4. The Balaban J connectivity index is 2.01. The van der Waals surface area contributed by atoms with E-state index in [-0.39, 0.29) is 19.2 Å². The van der Waals surface area contributed by atoms with Crippen LogP contribution in [-0.2, 0) is 25.6 Å². The predicted molar refractivity (Wildman–Crippen MR) is 76.5 cm³/mol. The van der Waals surface area contributed by atoms with Crippen molar-refractivity contribution in [3.63, 3.8) is 0 Å². The first-order valence-corrected chi connectivity index (χ1v) is 6.54. The van der Waals surface area contributed by atoms with Crippen LogP contribution in [-0.4, -0.2) is 38.4 Å². The minimum Gasteiger partial charge on any atom is -0.463 e. The molecule has 7 heteroatoms. The van der Waals surface area contributed by atoms with E-state index in [4.69, 9.17) is 15.2 Å². The van der Waals surface area contributed by atoms with Gasteiger partial charge < -0.3 is 25.3 Å². The molecule has 0 aliphatic carbocycles. The summed E-state index contributed by atoms with van der Waals surface area (Å²) in [4.78, 5) is 21.8. The van der Waals surface area contributed by atoms with Crippen molar-refractivity contribution in [3.05, 3.63) is 29.8 Å². The number of amides is 1. The van der Waals surface area contributed by atoms with Crippen LogP contribution >= 0.6 is 0 Å². The summed E-state index contributed by atoms with van der Waals surface area (Å²) in [6.07, 6.45) is -0.518. The maximum Gasteiger partial charge on any atom is 0.407 e. The van der Waals surface area contributed by atoms with E-state index in [0.29, 0.717) is 25.4 Å². The number of nitrogen functional groups attached to an aromatic ring is 1. The molecule has 3 N–H and O–H groups in total. The highest BCUT2D eigenvalue weighted by Gasteiger charge is 2.02. The zero-order valence-electron chi connectivity index (χ0n) is 12.0.